The van der Waals surface area contributed by atoms with Crippen LogP contribution in [-0.4, -0.2) is 22.9 Å². The number of hydrogen-bond acceptors (Lipinski definition) is 3. The molecule has 6 nitrogen and oxygen atoms in total. The van der Waals surface area contributed by atoms with E-state index in [0.717, 1.165) is 12.8 Å². The van der Waals surface area contributed by atoms with Crippen LogP contribution in [0.5, 0.6) is 0 Å². The zero-order chi connectivity index (χ0) is 17.3. The van der Waals surface area contributed by atoms with Gasteiger partial charge in [-0.25, -0.2) is 0 Å². The van der Waals surface area contributed by atoms with Gasteiger partial charge in [0.25, 0.3) is 0 Å². The molecular formula is C17H17ClN2O4. The topological polar surface area (TPSA) is 95.5 Å². The number of halogens is 1. The Morgan fingerprint density at radius 2 is 1.79 bits per heavy atom. The van der Waals surface area contributed by atoms with Crippen molar-refractivity contribution >= 4 is 40.8 Å². The van der Waals surface area contributed by atoms with Crippen LogP contribution in [0.15, 0.2) is 30.4 Å². The highest BCUT2D eigenvalue weighted by molar-refractivity contribution is 6.34. The fourth-order valence-corrected chi connectivity index (χ4v) is 2.80. The van der Waals surface area contributed by atoms with Gasteiger partial charge in [0.05, 0.1) is 10.7 Å². The summed E-state index contributed by atoms with van der Waals surface area (Å²) in [5, 5.41) is 15.1. The summed E-state index contributed by atoms with van der Waals surface area (Å²) in [6.45, 7) is 0. The molecule has 1 aromatic carbocycles. The van der Waals surface area contributed by atoms with Crippen molar-refractivity contribution in [1.29, 1.82) is 0 Å². The summed E-state index contributed by atoms with van der Waals surface area (Å²) in [6, 6.07) is 4.67. The van der Waals surface area contributed by atoms with Crippen LogP contribution in [0.4, 0.5) is 11.4 Å². The third-order valence-corrected chi connectivity index (χ3v) is 4.70. The van der Waals surface area contributed by atoms with Crippen LogP contribution in [0, 0.1) is 11.3 Å². The second-order valence-electron chi connectivity index (χ2n) is 6.18. The summed E-state index contributed by atoms with van der Waals surface area (Å²) in [5.41, 5.74) is -0.680. The Labute approximate surface area is 143 Å². The second kappa shape index (κ2) is 6.28. The summed E-state index contributed by atoms with van der Waals surface area (Å²) in [6.07, 6.45) is 5.44. The molecule has 0 spiro atoms. The molecule has 0 atom stereocenters. The minimum atomic E-state index is -1.48. The van der Waals surface area contributed by atoms with Crippen LogP contribution in [0.25, 0.3) is 0 Å². The predicted octanol–water partition coefficient (Wildman–Crippen LogP) is 3.05. The highest BCUT2D eigenvalue weighted by atomic mass is 35.5. The number of aliphatic carboxylic acids is 1. The molecule has 1 saturated carbocycles. The van der Waals surface area contributed by atoms with E-state index >= 15 is 0 Å². The van der Waals surface area contributed by atoms with Gasteiger partial charge in [-0.3, -0.25) is 14.4 Å². The van der Waals surface area contributed by atoms with Crippen molar-refractivity contribution in [3.05, 3.63) is 35.4 Å². The van der Waals surface area contributed by atoms with E-state index in [-0.39, 0.29) is 24.7 Å². The summed E-state index contributed by atoms with van der Waals surface area (Å²) >= 11 is 6.08. The summed E-state index contributed by atoms with van der Waals surface area (Å²) < 4.78 is 0. The fraction of sp³-hybridized carbons (Fsp3) is 0.353. The van der Waals surface area contributed by atoms with Gasteiger partial charge in [0.2, 0.25) is 11.8 Å². The third kappa shape index (κ3) is 3.14. The molecule has 1 aromatic rings. The first-order chi connectivity index (χ1) is 11.4. The van der Waals surface area contributed by atoms with Gasteiger partial charge in [0.1, 0.15) is 0 Å². The molecule has 3 N–H and O–H groups in total. The number of amides is 2. The van der Waals surface area contributed by atoms with Gasteiger partial charge in [-0.15, -0.1) is 0 Å². The van der Waals surface area contributed by atoms with E-state index in [1.54, 1.807) is 30.4 Å². The molecule has 2 aliphatic rings. The van der Waals surface area contributed by atoms with Crippen molar-refractivity contribution in [2.45, 2.75) is 25.7 Å². The van der Waals surface area contributed by atoms with Crippen LogP contribution in [0.2, 0.25) is 5.02 Å². The normalized spacial score (nSPS) is 18.2. The number of carbonyl (C=O) groups is 3. The lowest BCUT2D eigenvalue weighted by Gasteiger charge is -2.23. The van der Waals surface area contributed by atoms with Gasteiger partial charge in [0.15, 0.2) is 5.41 Å². The number of hydrogen-bond donors (Lipinski definition) is 3. The quantitative estimate of drug-likeness (QED) is 0.563. The maximum Gasteiger partial charge on any atom is 0.319 e. The Bertz CT molecular complexity index is 732. The molecule has 1 fully saturated rings. The van der Waals surface area contributed by atoms with Gasteiger partial charge < -0.3 is 15.7 Å². The zero-order valence-corrected chi connectivity index (χ0v) is 13.6. The van der Waals surface area contributed by atoms with Crippen molar-refractivity contribution in [3.63, 3.8) is 0 Å². The smallest absolute Gasteiger partial charge is 0.319 e. The largest absolute Gasteiger partial charge is 0.480 e. The lowest BCUT2D eigenvalue weighted by molar-refractivity contribution is -0.153. The molecule has 3 rings (SSSR count). The van der Waals surface area contributed by atoms with Crippen LogP contribution in [0.3, 0.4) is 0 Å². The first-order valence-corrected chi connectivity index (χ1v) is 8.10. The van der Waals surface area contributed by atoms with E-state index in [2.05, 4.69) is 10.6 Å². The SMILES string of the molecule is O=C(Nc1cc(NC(=O)C2(C(=O)O)CC=CC2)ccc1Cl)C1CC1. The molecule has 2 amide bonds. The van der Waals surface area contributed by atoms with E-state index in [4.69, 9.17) is 11.6 Å². The van der Waals surface area contributed by atoms with E-state index in [1.807, 2.05) is 0 Å². The average molecular weight is 349 g/mol. The lowest BCUT2D eigenvalue weighted by Crippen LogP contribution is -2.41. The van der Waals surface area contributed by atoms with Crippen LogP contribution >= 0.6 is 11.6 Å². The number of allylic oxidation sites excluding steroid dienone is 2. The average Bonchev–Trinajstić information content (AvgIpc) is 3.27. The zero-order valence-electron chi connectivity index (χ0n) is 12.8. The Hall–Kier alpha value is -2.34. The van der Waals surface area contributed by atoms with Gasteiger partial charge in [-0.1, -0.05) is 23.8 Å². The molecule has 24 heavy (non-hydrogen) atoms. The highest BCUT2D eigenvalue weighted by Crippen LogP contribution is 2.36. The molecule has 7 heteroatoms. The van der Waals surface area contributed by atoms with Gasteiger partial charge in [-0.05, 0) is 43.9 Å². The summed E-state index contributed by atoms with van der Waals surface area (Å²) in [5.74, 6) is -1.80. The number of carboxylic acids is 1. The molecule has 0 bridgehead atoms. The van der Waals surface area contributed by atoms with E-state index in [0.29, 0.717) is 16.4 Å². The molecule has 0 aromatic heterocycles. The van der Waals surface area contributed by atoms with Crippen molar-refractivity contribution in [2.75, 3.05) is 10.6 Å². The van der Waals surface area contributed by atoms with Crippen molar-refractivity contribution in [3.8, 4) is 0 Å². The van der Waals surface area contributed by atoms with Crippen LogP contribution < -0.4 is 10.6 Å². The maximum atomic E-state index is 12.5. The van der Waals surface area contributed by atoms with Crippen molar-refractivity contribution in [2.24, 2.45) is 11.3 Å². The first-order valence-electron chi connectivity index (χ1n) is 7.73. The molecule has 0 radical (unpaired) electrons. The molecule has 126 valence electrons. The standard InChI is InChI=1S/C17H17ClN2O4/c18-12-6-5-11(9-13(12)20-14(21)10-3-4-10)19-15(22)17(16(23)24)7-1-2-8-17/h1-2,5-6,9-10H,3-4,7-8H2,(H,19,22)(H,20,21)(H,23,24). The first kappa shape index (κ1) is 16.5. The monoisotopic (exact) mass is 348 g/mol. The van der Waals surface area contributed by atoms with Gasteiger partial charge in [-0.2, -0.15) is 0 Å². The second-order valence-corrected chi connectivity index (χ2v) is 6.59. The predicted molar refractivity (Wildman–Crippen MR) is 89.9 cm³/mol. The Kier molecular flexibility index (Phi) is 4.32. The van der Waals surface area contributed by atoms with Gasteiger partial charge in [0, 0.05) is 11.6 Å². The molecule has 0 saturated heterocycles. The molecule has 0 heterocycles. The van der Waals surface area contributed by atoms with Crippen LogP contribution in [0.1, 0.15) is 25.7 Å². The van der Waals surface area contributed by atoms with Crippen molar-refractivity contribution in [1.82, 2.24) is 0 Å². The lowest BCUT2D eigenvalue weighted by atomic mass is 9.84. The van der Waals surface area contributed by atoms with E-state index in [1.165, 1.54) is 0 Å². The van der Waals surface area contributed by atoms with Gasteiger partial charge >= 0.3 is 5.97 Å². The van der Waals surface area contributed by atoms with Crippen LogP contribution in [-0.2, 0) is 14.4 Å². The van der Waals surface area contributed by atoms with E-state index < -0.39 is 17.3 Å². The molecule has 0 aliphatic heterocycles. The number of benzene rings is 1. The highest BCUT2D eigenvalue weighted by Gasteiger charge is 2.46. The maximum absolute atomic E-state index is 12.5. The number of carbonyl (C=O) groups excluding carboxylic acids is 2. The number of anilines is 2. The minimum absolute atomic E-state index is 0.0270. The Morgan fingerprint density at radius 1 is 1.12 bits per heavy atom. The molecule has 0 unspecified atom stereocenters. The third-order valence-electron chi connectivity index (χ3n) is 4.37. The summed E-state index contributed by atoms with van der Waals surface area (Å²) in [7, 11) is 0. The minimum Gasteiger partial charge on any atom is -0.480 e. The Balaban J connectivity index is 1.76. The molecular weight excluding hydrogens is 332 g/mol. The summed E-state index contributed by atoms with van der Waals surface area (Å²) in [4.78, 5) is 35.9. The number of rotatable bonds is 5. The Morgan fingerprint density at radius 3 is 2.38 bits per heavy atom. The molecule has 2 aliphatic carbocycles. The number of nitrogens with one attached hydrogen (secondary N) is 2. The number of carboxylic acid groups (broad SMARTS) is 1. The van der Waals surface area contributed by atoms with E-state index in [9.17, 15) is 19.5 Å². The van der Waals surface area contributed by atoms with Crippen molar-refractivity contribution < 1.29 is 19.5 Å². The fourth-order valence-electron chi connectivity index (χ4n) is 2.64.